The van der Waals surface area contributed by atoms with Gasteiger partial charge >= 0.3 is 6.03 Å². The zero-order chi connectivity index (χ0) is 14.5. The van der Waals surface area contributed by atoms with Crippen molar-refractivity contribution in [2.75, 3.05) is 13.1 Å². The highest BCUT2D eigenvalue weighted by Crippen LogP contribution is 2.22. The fourth-order valence-electron chi connectivity index (χ4n) is 2.18. The van der Waals surface area contributed by atoms with Crippen LogP contribution in [-0.4, -0.2) is 28.9 Å². The van der Waals surface area contributed by atoms with E-state index >= 15 is 0 Å². The van der Waals surface area contributed by atoms with Crippen molar-refractivity contribution < 1.29 is 4.79 Å². The summed E-state index contributed by atoms with van der Waals surface area (Å²) in [6, 6.07) is 4.00. The third-order valence-corrected chi connectivity index (χ3v) is 3.76. The molecule has 0 fully saturated rings. The van der Waals surface area contributed by atoms with Crippen molar-refractivity contribution in [1.29, 1.82) is 0 Å². The summed E-state index contributed by atoms with van der Waals surface area (Å²) in [6.45, 7) is 7.05. The summed E-state index contributed by atoms with van der Waals surface area (Å²) in [5.41, 5.74) is 3.25. The molecule has 6 heteroatoms. The van der Waals surface area contributed by atoms with E-state index in [-0.39, 0.29) is 12.1 Å². The van der Waals surface area contributed by atoms with Gasteiger partial charge < -0.3 is 10.6 Å². The number of nitrogens with one attached hydrogen (secondary N) is 2. The first-order valence-electron chi connectivity index (χ1n) is 6.68. The molecule has 0 unspecified atom stereocenters. The van der Waals surface area contributed by atoms with E-state index in [1.165, 1.54) is 0 Å². The average molecular weight is 292 g/mol. The number of thiophene rings is 1. The molecular formula is C14H20N4OS. The summed E-state index contributed by atoms with van der Waals surface area (Å²) >= 11 is 1.65. The second-order valence-corrected chi connectivity index (χ2v) is 5.46. The van der Waals surface area contributed by atoms with Crippen LogP contribution in [-0.2, 0) is 0 Å². The lowest BCUT2D eigenvalue weighted by Gasteiger charge is -2.19. The van der Waals surface area contributed by atoms with E-state index in [1.807, 2.05) is 36.9 Å². The van der Waals surface area contributed by atoms with Gasteiger partial charge in [-0.05, 0) is 49.2 Å². The van der Waals surface area contributed by atoms with Gasteiger partial charge in [-0.1, -0.05) is 0 Å². The van der Waals surface area contributed by atoms with Gasteiger partial charge in [-0.25, -0.2) is 4.79 Å². The average Bonchev–Trinajstić information content (AvgIpc) is 3.01. The van der Waals surface area contributed by atoms with E-state index in [4.69, 9.17) is 0 Å². The Balaban J connectivity index is 2.18. The minimum absolute atomic E-state index is 0.0255. The van der Waals surface area contributed by atoms with Gasteiger partial charge in [-0.15, -0.1) is 0 Å². The maximum Gasteiger partial charge on any atom is 0.314 e. The van der Waals surface area contributed by atoms with Crippen LogP contribution in [0, 0.1) is 13.8 Å². The predicted octanol–water partition coefficient (Wildman–Crippen LogP) is 2.47. The van der Waals surface area contributed by atoms with Crippen molar-refractivity contribution in [2.24, 2.45) is 0 Å². The van der Waals surface area contributed by atoms with Crippen LogP contribution in [0.1, 0.15) is 29.9 Å². The molecule has 108 valence electrons. The Morgan fingerprint density at radius 3 is 2.80 bits per heavy atom. The van der Waals surface area contributed by atoms with E-state index in [1.54, 1.807) is 11.3 Å². The maximum atomic E-state index is 11.6. The normalized spacial score (nSPS) is 12.2. The quantitative estimate of drug-likeness (QED) is 0.889. The lowest BCUT2D eigenvalue weighted by molar-refractivity contribution is 0.240. The van der Waals surface area contributed by atoms with Gasteiger partial charge in [0.2, 0.25) is 0 Å². The first-order valence-corrected chi connectivity index (χ1v) is 7.62. The van der Waals surface area contributed by atoms with Crippen LogP contribution in [0.5, 0.6) is 0 Å². The predicted molar refractivity (Wildman–Crippen MR) is 81.2 cm³/mol. The lowest BCUT2D eigenvalue weighted by Crippen LogP contribution is -2.39. The van der Waals surface area contributed by atoms with Gasteiger partial charge in [-0.2, -0.15) is 16.4 Å². The summed E-state index contributed by atoms with van der Waals surface area (Å²) < 4.78 is 1.98. The first kappa shape index (κ1) is 14.6. The first-order chi connectivity index (χ1) is 9.61. The van der Waals surface area contributed by atoms with Crippen LogP contribution in [0.2, 0.25) is 0 Å². The number of urea groups is 1. The van der Waals surface area contributed by atoms with Gasteiger partial charge in [0.05, 0.1) is 11.7 Å². The Morgan fingerprint density at radius 2 is 2.25 bits per heavy atom. The number of carbonyl (C=O) groups is 1. The molecule has 2 rings (SSSR count). The van der Waals surface area contributed by atoms with E-state index in [2.05, 4.69) is 27.2 Å². The number of aryl methyl sites for hydroxylation is 2. The third-order valence-electron chi connectivity index (χ3n) is 3.06. The molecule has 0 saturated carbocycles. The van der Waals surface area contributed by atoms with Gasteiger partial charge in [0.25, 0.3) is 0 Å². The van der Waals surface area contributed by atoms with Crippen molar-refractivity contribution >= 4 is 17.4 Å². The molecule has 2 N–H and O–H groups in total. The van der Waals surface area contributed by atoms with E-state index < -0.39 is 0 Å². The molecule has 0 spiro atoms. The number of nitrogens with zero attached hydrogens (tertiary/aromatic N) is 2. The number of hydrogen-bond acceptors (Lipinski definition) is 3. The lowest BCUT2D eigenvalue weighted by atomic mass is 10.1. The fourth-order valence-corrected chi connectivity index (χ4v) is 2.89. The van der Waals surface area contributed by atoms with Crippen molar-refractivity contribution in [2.45, 2.75) is 26.8 Å². The molecule has 0 aromatic carbocycles. The second-order valence-electron chi connectivity index (χ2n) is 4.68. The SMILES string of the molecule is CCNC(=O)NC[C@H](c1ccsc1)n1nc(C)cc1C. The molecule has 2 amide bonds. The highest BCUT2D eigenvalue weighted by atomic mass is 32.1. The molecule has 0 aliphatic rings. The van der Waals surface area contributed by atoms with Crippen LogP contribution >= 0.6 is 11.3 Å². The zero-order valence-corrected chi connectivity index (χ0v) is 12.8. The summed E-state index contributed by atoms with van der Waals surface area (Å²) in [5.74, 6) is 0. The third kappa shape index (κ3) is 3.39. The molecule has 20 heavy (non-hydrogen) atoms. The molecule has 2 aromatic heterocycles. The molecule has 0 bridgehead atoms. The Hall–Kier alpha value is -1.82. The van der Waals surface area contributed by atoms with Crippen LogP contribution in [0.25, 0.3) is 0 Å². The van der Waals surface area contributed by atoms with Crippen LogP contribution < -0.4 is 10.6 Å². The Kier molecular flexibility index (Phi) is 4.79. The van der Waals surface area contributed by atoms with E-state index in [0.29, 0.717) is 13.1 Å². The van der Waals surface area contributed by atoms with Crippen molar-refractivity contribution in [1.82, 2.24) is 20.4 Å². The zero-order valence-electron chi connectivity index (χ0n) is 12.0. The number of rotatable bonds is 5. The smallest absolute Gasteiger partial charge is 0.314 e. The minimum atomic E-state index is -0.144. The van der Waals surface area contributed by atoms with Gasteiger partial charge in [0.1, 0.15) is 0 Å². The molecule has 0 saturated heterocycles. The number of hydrogen-bond donors (Lipinski definition) is 2. The molecule has 0 radical (unpaired) electrons. The number of carbonyl (C=O) groups excluding carboxylic acids is 1. The Labute approximate surface area is 123 Å². The molecule has 5 nitrogen and oxygen atoms in total. The standard InChI is InChI=1S/C14H20N4OS/c1-4-15-14(19)16-8-13(12-5-6-20-9-12)18-11(3)7-10(2)17-18/h5-7,9,13H,4,8H2,1-3H3,(H2,15,16,19)/t13-/m1/s1. The highest BCUT2D eigenvalue weighted by molar-refractivity contribution is 7.07. The van der Waals surface area contributed by atoms with E-state index in [9.17, 15) is 4.79 Å². The van der Waals surface area contributed by atoms with Crippen molar-refractivity contribution in [3.63, 3.8) is 0 Å². The maximum absolute atomic E-state index is 11.6. The largest absolute Gasteiger partial charge is 0.338 e. The van der Waals surface area contributed by atoms with Crippen molar-refractivity contribution in [3.05, 3.63) is 39.8 Å². The second kappa shape index (κ2) is 6.56. The van der Waals surface area contributed by atoms with Crippen LogP contribution in [0.3, 0.4) is 0 Å². The van der Waals surface area contributed by atoms with Gasteiger partial charge in [-0.3, -0.25) is 4.68 Å². The summed E-state index contributed by atoms with van der Waals surface area (Å²) in [4.78, 5) is 11.6. The summed E-state index contributed by atoms with van der Waals surface area (Å²) in [7, 11) is 0. The summed E-state index contributed by atoms with van der Waals surface area (Å²) in [5, 5.41) is 14.3. The fraction of sp³-hybridized carbons (Fsp3) is 0.429. The topological polar surface area (TPSA) is 59.0 Å². The van der Waals surface area contributed by atoms with Crippen LogP contribution in [0.4, 0.5) is 4.79 Å². The monoisotopic (exact) mass is 292 g/mol. The Bertz CT molecular complexity index is 562. The highest BCUT2D eigenvalue weighted by Gasteiger charge is 2.18. The van der Waals surface area contributed by atoms with Crippen LogP contribution in [0.15, 0.2) is 22.9 Å². The number of aromatic nitrogens is 2. The molecule has 2 aromatic rings. The minimum Gasteiger partial charge on any atom is -0.338 e. The Morgan fingerprint density at radius 1 is 1.45 bits per heavy atom. The molecule has 2 heterocycles. The molecule has 1 atom stereocenters. The summed E-state index contributed by atoms with van der Waals surface area (Å²) in [6.07, 6.45) is 0. The van der Waals surface area contributed by atoms with Gasteiger partial charge in [0.15, 0.2) is 0 Å². The molecule has 0 aliphatic carbocycles. The number of amides is 2. The van der Waals surface area contributed by atoms with E-state index in [0.717, 1.165) is 17.0 Å². The van der Waals surface area contributed by atoms with Gasteiger partial charge in [0, 0.05) is 18.8 Å². The molecular weight excluding hydrogens is 272 g/mol. The molecule has 0 aliphatic heterocycles. The van der Waals surface area contributed by atoms with Crippen molar-refractivity contribution in [3.8, 4) is 0 Å².